The van der Waals surface area contributed by atoms with Crippen molar-refractivity contribution in [2.75, 3.05) is 13.2 Å². The predicted molar refractivity (Wildman–Crippen MR) is 93.4 cm³/mol. The molecule has 0 bridgehead atoms. The van der Waals surface area contributed by atoms with E-state index in [1.165, 1.54) is 0 Å². The number of nitrogens with zero attached hydrogens (tertiary/aromatic N) is 1. The van der Waals surface area contributed by atoms with Gasteiger partial charge in [0, 0.05) is 35.4 Å². The molecule has 5 heteroatoms. The molecule has 4 nitrogen and oxygen atoms in total. The number of aromatic nitrogens is 1. The smallest absolute Gasteiger partial charge is 0.130 e. The van der Waals surface area contributed by atoms with Crippen LogP contribution in [-0.4, -0.2) is 24.2 Å². The highest BCUT2D eigenvalue weighted by molar-refractivity contribution is 9.10. The molecule has 2 heterocycles. The number of ether oxygens (including phenoxy) is 2. The zero-order valence-electron chi connectivity index (χ0n) is 13.0. The summed E-state index contributed by atoms with van der Waals surface area (Å²) < 4.78 is 12.5. The Morgan fingerprint density at radius 1 is 1.30 bits per heavy atom. The monoisotopic (exact) mass is 376 g/mol. The molecule has 1 fully saturated rings. The molecule has 1 atom stereocenters. The molecular weight excluding hydrogens is 356 g/mol. The molecule has 0 spiro atoms. The van der Waals surface area contributed by atoms with Crippen molar-refractivity contribution in [1.82, 2.24) is 10.3 Å². The quantitative estimate of drug-likeness (QED) is 0.834. The minimum absolute atomic E-state index is 0.423. The van der Waals surface area contributed by atoms with Crippen LogP contribution in [0.15, 0.2) is 47.1 Å². The molecule has 1 aliphatic rings. The summed E-state index contributed by atoms with van der Waals surface area (Å²) in [5, 5.41) is 3.56. The molecular formula is C18H21BrN2O2. The largest absolute Gasteiger partial charge is 0.487 e. The summed E-state index contributed by atoms with van der Waals surface area (Å²) in [4.78, 5) is 4.29. The Morgan fingerprint density at radius 3 is 3.04 bits per heavy atom. The van der Waals surface area contributed by atoms with E-state index < -0.39 is 0 Å². The summed E-state index contributed by atoms with van der Waals surface area (Å²) in [6.45, 7) is 2.92. The van der Waals surface area contributed by atoms with Crippen molar-refractivity contribution in [1.29, 1.82) is 0 Å². The highest BCUT2D eigenvalue weighted by Gasteiger charge is 2.14. The van der Waals surface area contributed by atoms with E-state index >= 15 is 0 Å². The fourth-order valence-corrected chi connectivity index (χ4v) is 3.03. The van der Waals surface area contributed by atoms with E-state index in [9.17, 15) is 0 Å². The van der Waals surface area contributed by atoms with Crippen LogP contribution in [-0.2, 0) is 17.9 Å². The summed E-state index contributed by atoms with van der Waals surface area (Å²) in [5.74, 6) is 0.892. The lowest BCUT2D eigenvalue weighted by Gasteiger charge is -2.23. The van der Waals surface area contributed by atoms with E-state index in [1.54, 1.807) is 6.20 Å². The summed E-state index contributed by atoms with van der Waals surface area (Å²) in [5.41, 5.74) is 2.07. The van der Waals surface area contributed by atoms with Gasteiger partial charge in [0.25, 0.3) is 0 Å². The van der Waals surface area contributed by atoms with Gasteiger partial charge in [-0.2, -0.15) is 0 Å². The first-order valence-corrected chi connectivity index (χ1v) is 8.73. The van der Waals surface area contributed by atoms with Crippen molar-refractivity contribution in [3.63, 3.8) is 0 Å². The predicted octanol–water partition coefficient (Wildman–Crippen LogP) is 3.69. The van der Waals surface area contributed by atoms with Crippen LogP contribution >= 0.6 is 15.9 Å². The van der Waals surface area contributed by atoms with Gasteiger partial charge < -0.3 is 14.8 Å². The van der Waals surface area contributed by atoms with Crippen LogP contribution in [0, 0.1) is 0 Å². The van der Waals surface area contributed by atoms with Crippen molar-refractivity contribution >= 4 is 15.9 Å². The molecule has 1 N–H and O–H groups in total. The van der Waals surface area contributed by atoms with Gasteiger partial charge >= 0.3 is 0 Å². The third-order valence-electron chi connectivity index (χ3n) is 3.87. The maximum atomic E-state index is 5.96. The fourth-order valence-electron chi connectivity index (χ4n) is 2.62. The number of benzene rings is 1. The minimum Gasteiger partial charge on any atom is -0.487 e. The Hall–Kier alpha value is -1.43. The van der Waals surface area contributed by atoms with E-state index in [0.29, 0.717) is 12.6 Å². The average molecular weight is 377 g/mol. The number of halogens is 1. The van der Waals surface area contributed by atoms with Gasteiger partial charge in [-0.25, -0.2) is 0 Å². The van der Waals surface area contributed by atoms with E-state index in [1.807, 2.05) is 30.3 Å². The van der Waals surface area contributed by atoms with Crippen molar-refractivity contribution in [2.24, 2.45) is 0 Å². The molecule has 0 aliphatic carbocycles. The molecule has 1 saturated heterocycles. The van der Waals surface area contributed by atoms with E-state index in [0.717, 1.165) is 54.1 Å². The first-order chi connectivity index (χ1) is 11.3. The standard InChI is InChI=1S/C18H21BrN2O2/c19-15-6-7-18(23-13-17-4-1-2-8-20-17)14(10-15)11-21-16-5-3-9-22-12-16/h1-2,4,6-8,10,16,21H,3,5,9,11-13H2. The van der Waals surface area contributed by atoms with Crippen LogP contribution < -0.4 is 10.1 Å². The van der Waals surface area contributed by atoms with Gasteiger partial charge in [-0.15, -0.1) is 0 Å². The zero-order valence-corrected chi connectivity index (χ0v) is 14.6. The number of rotatable bonds is 6. The highest BCUT2D eigenvalue weighted by atomic mass is 79.9. The lowest BCUT2D eigenvalue weighted by molar-refractivity contribution is 0.0698. The zero-order chi connectivity index (χ0) is 15.9. The average Bonchev–Trinajstić information content (AvgIpc) is 2.61. The van der Waals surface area contributed by atoms with Crippen LogP contribution in [0.25, 0.3) is 0 Å². The summed E-state index contributed by atoms with van der Waals surface area (Å²) in [6.07, 6.45) is 4.07. The molecule has 122 valence electrons. The third kappa shape index (κ3) is 5.03. The number of hydrogen-bond donors (Lipinski definition) is 1. The molecule has 0 amide bonds. The molecule has 0 radical (unpaired) electrons. The SMILES string of the molecule is Brc1ccc(OCc2ccccn2)c(CNC2CCCOC2)c1. The molecule has 0 saturated carbocycles. The second kappa shape index (κ2) is 8.43. The van der Waals surface area contributed by atoms with Crippen molar-refractivity contribution in [3.8, 4) is 5.75 Å². The molecule has 1 aliphatic heterocycles. The van der Waals surface area contributed by atoms with Crippen molar-refractivity contribution < 1.29 is 9.47 Å². The first-order valence-electron chi connectivity index (χ1n) is 7.93. The van der Waals surface area contributed by atoms with Crippen LogP contribution in [0.2, 0.25) is 0 Å². The molecule has 1 aromatic heterocycles. The van der Waals surface area contributed by atoms with Gasteiger partial charge in [0.05, 0.1) is 12.3 Å². The lowest BCUT2D eigenvalue weighted by Crippen LogP contribution is -2.36. The maximum Gasteiger partial charge on any atom is 0.130 e. The van der Waals surface area contributed by atoms with Crippen LogP contribution in [0.3, 0.4) is 0 Å². The molecule has 1 aromatic carbocycles. The first kappa shape index (κ1) is 16.4. The molecule has 3 rings (SSSR count). The Balaban J connectivity index is 1.62. The second-order valence-corrected chi connectivity index (χ2v) is 6.57. The van der Waals surface area contributed by atoms with Gasteiger partial charge in [-0.1, -0.05) is 22.0 Å². The summed E-state index contributed by atoms with van der Waals surface area (Å²) in [7, 11) is 0. The van der Waals surface area contributed by atoms with E-state index in [-0.39, 0.29) is 0 Å². The van der Waals surface area contributed by atoms with E-state index in [4.69, 9.17) is 9.47 Å². The Bertz CT molecular complexity index is 616. The normalized spacial score (nSPS) is 17.9. The summed E-state index contributed by atoms with van der Waals surface area (Å²) >= 11 is 3.54. The van der Waals surface area contributed by atoms with Crippen LogP contribution in [0.5, 0.6) is 5.75 Å². The maximum absolute atomic E-state index is 5.96. The molecule has 23 heavy (non-hydrogen) atoms. The van der Waals surface area contributed by atoms with Gasteiger partial charge in [-0.05, 0) is 43.2 Å². The van der Waals surface area contributed by atoms with Crippen LogP contribution in [0.4, 0.5) is 0 Å². The highest BCUT2D eigenvalue weighted by Crippen LogP contribution is 2.24. The van der Waals surface area contributed by atoms with Crippen molar-refractivity contribution in [3.05, 3.63) is 58.3 Å². The summed E-state index contributed by atoms with van der Waals surface area (Å²) in [6, 6.07) is 12.4. The molecule has 2 aromatic rings. The Kier molecular flexibility index (Phi) is 6.02. The van der Waals surface area contributed by atoms with Gasteiger partial charge in [0.15, 0.2) is 0 Å². The lowest BCUT2D eigenvalue weighted by atomic mass is 10.1. The van der Waals surface area contributed by atoms with Gasteiger partial charge in [-0.3, -0.25) is 4.98 Å². The number of nitrogens with one attached hydrogen (secondary N) is 1. The topological polar surface area (TPSA) is 43.4 Å². The molecule has 1 unspecified atom stereocenters. The fraction of sp³-hybridized carbons (Fsp3) is 0.389. The number of pyridine rings is 1. The van der Waals surface area contributed by atoms with E-state index in [2.05, 4.69) is 32.3 Å². The third-order valence-corrected chi connectivity index (χ3v) is 4.36. The minimum atomic E-state index is 0.423. The Labute approximate surface area is 145 Å². The van der Waals surface area contributed by atoms with Crippen molar-refractivity contribution in [2.45, 2.75) is 32.0 Å². The number of hydrogen-bond acceptors (Lipinski definition) is 4. The van der Waals surface area contributed by atoms with Gasteiger partial charge in [0.1, 0.15) is 12.4 Å². The van der Waals surface area contributed by atoms with Gasteiger partial charge in [0.2, 0.25) is 0 Å². The second-order valence-electron chi connectivity index (χ2n) is 5.66. The van der Waals surface area contributed by atoms with Crippen LogP contribution in [0.1, 0.15) is 24.1 Å². The Morgan fingerprint density at radius 2 is 2.26 bits per heavy atom.